The van der Waals surface area contributed by atoms with Crippen molar-refractivity contribution >= 4 is 11.8 Å². The molecular weight excluding hydrogens is 312 g/mol. The first kappa shape index (κ1) is 18.9. The van der Waals surface area contributed by atoms with E-state index in [0.717, 1.165) is 18.8 Å². The molecule has 0 bridgehead atoms. The molecule has 0 fully saturated rings. The average Bonchev–Trinajstić information content (AvgIpc) is 2.64. The molecule has 1 nitrogen and oxygen atoms in total. The first-order valence-electron chi connectivity index (χ1n) is 9.29. The highest BCUT2D eigenvalue weighted by Crippen LogP contribution is 2.26. The van der Waals surface area contributed by atoms with Crippen LogP contribution in [0.1, 0.15) is 52.4 Å². The van der Waals surface area contributed by atoms with Gasteiger partial charge in [0, 0.05) is 4.90 Å². The normalized spacial score (nSPS) is 10.8. The van der Waals surface area contributed by atoms with Crippen LogP contribution < -0.4 is 4.74 Å². The van der Waals surface area contributed by atoms with Crippen molar-refractivity contribution in [3.05, 3.63) is 48.5 Å². The summed E-state index contributed by atoms with van der Waals surface area (Å²) in [5.74, 6) is 2.19. The van der Waals surface area contributed by atoms with Crippen molar-refractivity contribution in [1.82, 2.24) is 0 Å². The summed E-state index contributed by atoms with van der Waals surface area (Å²) in [5.41, 5.74) is 2.52. The lowest BCUT2D eigenvalue weighted by Gasteiger charge is -2.08. The van der Waals surface area contributed by atoms with Gasteiger partial charge in [-0.1, -0.05) is 63.8 Å². The summed E-state index contributed by atoms with van der Waals surface area (Å²) in [6.45, 7) is 5.28. The zero-order chi connectivity index (χ0) is 17.0. The number of unbranched alkanes of at least 4 members (excludes halogenated alkanes) is 4. The van der Waals surface area contributed by atoms with Gasteiger partial charge < -0.3 is 4.74 Å². The summed E-state index contributed by atoms with van der Waals surface area (Å²) in [6, 6.07) is 17.4. The van der Waals surface area contributed by atoms with E-state index < -0.39 is 0 Å². The Morgan fingerprint density at radius 1 is 0.708 bits per heavy atom. The summed E-state index contributed by atoms with van der Waals surface area (Å²) in [5, 5.41) is 0. The molecule has 24 heavy (non-hydrogen) atoms. The van der Waals surface area contributed by atoms with Crippen molar-refractivity contribution < 1.29 is 4.74 Å². The molecule has 0 saturated heterocycles. The number of hydrogen-bond donors (Lipinski definition) is 0. The topological polar surface area (TPSA) is 9.23 Å². The Morgan fingerprint density at radius 2 is 1.29 bits per heavy atom. The smallest absolute Gasteiger partial charge is 0.119 e. The third-order valence-corrected chi connectivity index (χ3v) is 5.17. The lowest BCUT2D eigenvalue weighted by Crippen LogP contribution is -1.96. The fraction of sp³-hybridized carbons (Fsp3) is 0.455. The van der Waals surface area contributed by atoms with Crippen LogP contribution in [0.3, 0.4) is 0 Å². The molecule has 0 heterocycles. The predicted octanol–water partition coefficient (Wildman–Crippen LogP) is 7.20. The number of benzene rings is 2. The summed E-state index contributed by atoms with van der Waals surface area (Å²) >= 11 is 1.96. The van der Waals surface area contributed by atoms with E-state index in [9.17, 15) is 0 Å². The number of ether oxygens (including phenoxy) is 1. The highest BCUT2D eigenvalue weighted by atomic mass is 32.2. The molecule has 2 heteroatoms. The predicted molar refractivity (Wildman–Crippen MR) is 107 cm³/mol. The van der Waals surface area contributed by atoms with Crippen LogP contribution in [0, 0.1) is 0 Å². The van der Waals surface area contributed by atoms with Crippen molar-refractivity contribution in [2.75, 3.05) is 12.4 Å². The van der Waals surface area contributed by atoms with Gasteiger partial charge in [0.1, 0.15) is 5.75 Å². The molecule has 0 aliphatic heterocycles. The highest BCUT2D eigenvalue weighted by molar-refractivity contribution is 7.99. The van der Waals surface area contributed by atoms with Gasteiger partial charge in [0.15, 0.2) is 0 Å². The third kappa shape index (κ3) is 6.60. The van der Waals surface area contributed by atoms with Gasteiger partial charge >= 0.3 is 0 Å². The fourth-order valence-electron chi connectivity index (χ4n) is 2.57. The summed E-state index contributed by atoms with van der Waals surface area (Å²) < 4.78 is 5.78. The third-order valence-electron chi connectivity index (χ3n) is 4.08. The van der Waals surface area contributed by atoms with Crippen molar-refractivity contribution in [2.24, 2.45) is 0 Å². The van der Waals surface area contributed by atoms with Crippen LogP contribution in [0.25, 0.3) is 11.1 Å². The molecule has 0 aromatic heterocycles. The standard InChI is InChI=1S/C22H30OS/c1-3-5-7-17-23-21-13-9-19(10-14-21)20-11-15-22(16-12-20)24-18-8-6-4-2/h9-16H,3-8,17-18H2,1-2H3. The second-order valence-corrected chi connectivity index (χ2v) is 7.33. The lowest BCUT2D eigenvalue weighted by atomic mass is 10.1. The minimum absolute atomic E-state index is 0.817. The number of rotatable bonds is 11. The maximum absolute atomic E-state index is 5.78. The monoisotopic (exact) mass is 342 g/mol. The van der Waals surface area contributed by atoms with Gasteiger partial charge in [-0.15, -0.1) is 11.8 Å². The first-order chi connectivity index (χ1) is 11.8. The van der Waals surface area contributed by atoms with E-state index >= 15 is 0 Å². The minimum Gasteiger partial charge on any atom is -0.494 e. The molecular formula is C22H30OS. The molecule has 0 N–H and O–H groups in total. The van der Waals surface area contributed by atoms with Gasteiger partial charge in [-0.3, -0.25) is 0 Å². The molecule has 0 amide bonds. The van der Waals surface area contributed by atoms with E-state index in [1.54, 1.807) is 0 Å². The Balaban J connectivity index is 1.84. The van der Waals surface area contributed by atoms with Crippen LogP contribution in [-0.2, 0) is 0 Å². The van der Waals surface area contributed by atoms with Crippen LogP contribution in [0.15, 0.2) is 53.4 Å². The number of thioether (sulfide) groups is 1. The van der Waals surface area contributed by atoms with Gasteiger partial charge in [-0.2, -0.15) is 0 Å². The molecule has 0 spiro atoms. The molecule has 0 radical (unpaired) electrons. The van der Waals surface area contributed by atoms with Crippen LogP contribution >= 0.6 is 11.8 Å². The Bertz CT molecular complexity index is 506. The molecule has 0 saturated carbocycles. The van der Waals surface area contributed by atoms with Gasteiger partial charge in [0.2, 0.25) is 0 Å². The molecule has 130 valence electrons. The van der Waals surface area contributed by atoms with E-state index in [4.69, 9.17) is 4.74 Å². The van der Waals surface area contributed by atoms with Crippen molar-refractivity contribution in [3.8, 4) is 16.9 Å². The molecule has 0 aliphatic rings. The van der Waals surface area contributed by atoms with Crippen LogP contribution in [0.5, 0.6) is 5.75 Å². The SMILES string of the molecule is CCCCCOc1ccc(-c2ccc(SCCCCC)cc2)cc1. The maximum atomic E-state index is 5.78. The minimum atomic E-state index is 0.817. The average molecular weight is 343 g/mol. The Hall–Kier alpha value is -1.41. The Labute approximate surface area is 151 Å². The zero-order valence-corrected chi connectivity index (χ0v) is 15.9. The molecule has 2 aromatic carbocycles. The largest absolute Gasteiger partial charge is 0.494 e. The van der Waals surface area contributed by atoms with E-state index in [-0.39, 0.29) is 0 Å². The van der Waals surface area contributed by atoms with E-state index in [1.807, 2.05) is 11.8 Å². The summed E-state index contributed by atoms with van der Waals surface area (Å²) in [7, 11) is 0. The van der Waals surface area contributed by atoms with E-state index in [1.165, 1.54) is 53.9 Å². The zero-order valence-electron chi connectivity index (χ0n) is 15.1. The highest BCUT2D eigenvalue weighted by Gasteiger charge is 2.00. The van der Waals surface area contributed by atoms with Gasteiger partial charge in [-0.25, -0.2) is 0 Å². The van der Waals surface area contributed by atoms with Crippen molar-refractivity contribution in [3.63, 3.8) is 0 Å². The van der Waals surface area contributed by atoms with Gasteiger partial charge in [-0.05, 0) is 54.0 Å². The van der Waals surface area contributed by atoms with Gasteiger partial charge in [0.25, 0.3) is 0 Å². The second-order valence-electron chi connectivity index (χ2n) is 6.16. The number of hydrogen-bond acceptors (Lipinski definition) is 2. The summed E-state index contributed by atoms with van der Waals surface area (Å²) in [6.07, 6.45) is 7.53. The quantitative estimate of drug-likeness (QED) is 0.315. The molecule has 2 aromatic rings. The summed E-state index contributed by atoms with van der Waals surface area (Å²) in [4.78, 5) is 1.37. The van der Waals surface area contributed by atoms with Crippen molar-refractivity contribution in [1.29, 1.82) is 0 Å². The van der Waals surface area contributed by atoms with Gasteiger partial charge in [0.05, 0.1) is 6.61 Å². The lowest BCUT2D eigenvalue weighted by molar-refractivity contribution is 0.306. The van der Waals surface area contributed by atoms with E-state index in [0.29, 0.717) is 0 Å². The van der Waals surface area contributed by atoms with E-state index in [2.05, 4.69) is 62.4 Å². The Kier molecular flexibility index (Phi) is 8.83. The molecule has 0 atom stereocenters. The molecule has 0 aliphatic carbocycles. The van der Waals surface area contributed by atoms with Crippen LogP contribution in [0.2, 0.25) is 0 Å². The van der Waals surface area contributed by atoms with Crippen LogP contribution in [-0.4, -0.2) is 12.4 Å². The fourth-order valence-corrected chi connectivity index (χ4v) is 3.48. The first-order valence-corrected chi connectivity index (χ1v) is 10.3. The molecule has 0 unspecified atom stereocenters. The second kappa shape index (κ2) is 11.2. The maximum Gasteiger partial charge on any atom is 0.119 e. The van der Waals surface area contributed by atoms with Crippen molar-refractivity contribution in [2.45, 2.75) is 57.3 Å². The Morgan fingerprint density at radius 3 is 1.92 bits per heavy atom. The van der Waals surface area contributed by atoms with Crippen LogP contribution in [0.4, 0.5) is 0 Å². The molecule has 2 rings (SSSR count).